The summed E-state index contributed by atoms with van der Waals surface area (Å²) in [5.74, 6) is 0.538. The minimum atomic E-state index is -0.176. The van der Waals surface area contributed by atoms with Crippen LogP contribution in [0.3, 0.4) is 0 Å². The number of aromatic nitrogens is 2. The third kappa shape index (κ3) is 4.11. The van der Waals surface area contributed by atoms with Crippen molar-refractivity contribution in [3.05, 3.63) is 72.1 Å². The van der Waals surface area contributed by atoms with Crippen LogP contribution >= 0.6 is 0 Å². The number of aryl methyl sites for hydroxylation is 1. The van der Waals surface area contributed by atoms with E-state index in [1.54, 1.807) is 28.0 Å². The van der Waals surface area contributed by atoms with Gasteiger partial charge in [0.2, 0.25) is 0 Å². The average molecular weight is 391 g/mol. The summed E-state index contributed by atoms with van der Waals surface area (Å²) in [4.78, 5) is 37.0. The number of carbonyl (C=O) groups excluding carboxylic acids is 2. The van der Waals surface area contributed by atoms with E-state index < -0.39 is 0 Å². The van der Waals surface area contributed by atoms with E-state index in [1.165, 1.54) is 12.6 Å². The lowest BCUT2D eigenvalue weighted by Gasteiger charge is -2.34. The van der Waals surface area contributed by atoms with Gasteiger partial charge in [0.05, 0.1) is 6.26 Å². The van der Waals surface area contributed by atoms with Crippen molar-refractivity contribution in [1.29, 1.82) is 0 Å². The number of nitrogens with one attached hydrogen (secondary N) is 1. The fourth-order valence-corrected chi connectivity index (χ4v) is 3.22. The van der Waals surface area contributed by atoms with E-state index in [0.29, 0.717) is 43.5 Å². The number of furan rings is 1. The second kappa shape index (κ2) is 8.14. The molecular weight excluding hydrogens is 370 g/mol. The maximum absolute atomic E-state index is 12.9. The van der Waals surface area contributed by atoms with Crippen molar-refractivity contribution in [3.63, 3.8) is 0 Å². The van der Waals surface area contributed by atoms with Crippen molar-refractivity contribution >= 4 is 23.3 Å². The minimum Gasteiger partial charge on any atom is -0.459 e. The van der Waals surface area contributed by atoms with Gasteiger partial charge < -0.3 is 19.5 Å². The van der Waals surface area contributed by atoms with E-state index >= 15 is 0 Å². The molecule has 0 unspecified atom stereocenters. The Labute approximate surface area is 168 Å². The molecule has 0 aliphatic carbocycles. The van der Waals surface area contributed by atoms with Gasteiger partial charge in [-0.05, 0) is 30.7 Å². The zero-order valence-corrected chi connectivity index (χ0v) is 16.0. The molecule has 29 heavy (non-hydrogen) atoms. The van der Waals surface area contributed by atoms with Gasteiger partial charge in [-0.25, -0.2) is 9.97 Å². The van der Waals surface area contributed by atoms with E-state index in [4.69, 9.17) is 4.42 Å². The molecule has 0 atom stereocenters. The summed E-state index contributed by atoms with van der Waals surface area (Å²) < 4.78 is 5.17. The van der Waals surface area contributed by atoms with Crippen LogP contribution < -0.4 is 5.32 Å². The van der Waals surface area contributed by atoms with Gasteiger partial charge in [-0.1, -0.05) is 18.2 Å². The van der Waals surface area contributed by atoms with Gasteiger partial charge in [-0.3, -0.25) is 9.59 Å². The Hall–Kier alpha value is -3.68. The molecule has 8 heteroatoms. The molecular formula is C21H21N5O3. The lowest BCUT2D eigenvalue weighted by Crippen LogP contribution is -2.50. The molecule has 8 nitrogen and oxygen atoms in total. The molecule has 1 aliphatic heterocycles. The van der Waals surface area contributed by atoms with Crippen molar-refractivity contribution < 1.29 is 14.0 Å². The molecule has 0 radical (unpaired) electrons. The number of carbonyl (C=O) groups is 2. The number of para-hydroxylation sites is 1. The lowest BCUT2D eigenvalue weighted by molar-refractivity contribution is 0.0515. The van der Waals surface area contributed by atoms with Crippen molar-refractivity contribution in [1.82, 2.24) is 19.8 Å². The second-order valence-electron chi connectivity index (χ2n) is 6.79. The molecule has 1 saturated heterocycles. The largest absolute Gasteiger partial charge is 0.459 e. The zero-order chi connectivity index (χ0) is 20.2. The summed E-state index contributed by atoms with van der Waals surface area (Å²) in [6.07, 6.45) is 2.86. The molecule has 3 heterocycles. The molecule has 1 fully saturated rings. The first-order valence-electron chi connectivity index (χ1n) is 9.38. The van der Waals surface area contributed by atoms with Crippen molar-refractivity contribution in [2.75, 3.05) is 31.5 Å². The number of amides is 2. The Bertz CT molecular complexity index is 1010. The highest BCUT2D eigenvalue weighted by molar-refractivity contribution is 5.94. The third-order valence-corrected chi connectivity index (χ3v) is 4.88. The van der Waals surface area contributed by atoms with Crippen LogP contribution in [0.2, 0.25) is 0 Å². The maximum atomic E-state index is 12.9. The molecule has 4 rings (SSSR count). The first-order valence-corrected chi connectivity index (χ1v) is 9.38. The number of hydrogen-bond acceptors (Lipinski definition) is 6. The Morgan fingerprint density at radius 1 is 0.966 bits per heavy atom. The predicted octanol–water partition coefficient (Wildman–Crippen LogP) is 2.72. The second-order valence-corrected chi connectivity index (χ2v) is 6.79. The Morgan fingerprint density at radius 2 is 1.69 bits per heavy atom. The zero-order valence-electron chi connectivity index (χ0n) is 16.0. The van der Waals surface area contributed by atoms with Gasteiger partial charge >= 0.3 is 0 Å². The van der Waals surface area contributed by atoms with Gasteiger partial charge in [0.15, 0.2) is 5.76 Å². The van der Waals surface area contributed by atoms with Crippen LogP contribution in [-0.2, 0) is 0 Å². The van der Waals surface area contributed by atoms with E-state index in [-0.39, 0.29) is 11.8 Å². The van der Waals surface area contributed by atoms with Gasteiger partial charge in [0, 0.05) is 37.9 Å². The van der Waals surface area contributed by atoms with Crippen LogP contribution in [0.4, 0.5) is 11.5 Å². The normalized spacial score (nSPS) is 14.0. The Morgan fingerprint density at radius 3 is 2.38 bits per heavy atom. The summed E-state index contributed by atoms with van der Waals surface area (Å²) >= 11 is 0. The molecule has 0 spiro atoms. The fraction of sp³-hybridized carbons (Fsp3) is 0.238. The molecule has 1 aliphatic rings. The molecule has 0 saturated carbocycles. The number of nitrogens with zero attached hydrogens (tertiary/aromatic N) is 4. The van der Waals surface area contributed by atoms with Crippen molar-refractivity contribution in [3.8, 4) is 0 Å². The van der Waals surface area contributed by atoms with Gasteiger partial charge in [0.1, 0.15) is 17.8 Å². The lowest BCUT2D eigenvalue weighted by atomic mass is 10.2. The predicted molar refractivity (Wildman–Crippen MR) is 107 cm³/mol. The van der Waals surface area contributed by atoms with E-state index in [0.717, 1.165) is 11.3 Å². The molecule has 0 bridgehead atoms. The van der Waals surface area contributed by atoms with Crippen LogP contribution in [0, 0.1) is 6.92 Å². The standard InChI is InChI=1S/C21H21N5O3/c1-15-5-2-3-6-16(15)24-19-13-17(22-14-23-19)20(27)25-8-10-26(11-9-25)21(28)18-7-4-12-29-18/h2-7,12-14H,8-11H2,1H3,(H,22,23,24). The summed E-state index contributed by atoms with van der Waals surface area (Å²) in [5, 5.41) is 3.22. The van der Waals surface area contributed by atoms with Crippen LogP contribution in [0.1, 0.15) is 26.6 Å². The quantitative estimate of drug-likeness (QED) is 0.735. The number of piperazine rings is 1. The first kappa shape index (κ1) is 18.7. The van der Waals surface area contributed by atoms with E-state index in [2.05, 4.69) is 15.3 Å². The highest BCUT2D eigenvalue weighted by Gasteiger charge is 2.27. The molecule has 1 aromatic carbocycles. The van der Waals surface area contributed by atoms with Gasteiger partial charge in [-0.2, -0.15) is 0 Å². The van der Waals surface area contributed by atoms with Crippen LogP contribution in [0.5, 0.6) is 0 Å². The van der Waals surface area contributed by atoms with Crippen LogP contribution in [0.25, 0.3) is 0 Å². The number of rotatable bonds is 4. The highest BCUT2D eigenvalue weighted by atomic mass is 16.3. The van der Waals surface area contributed by atoms with Gasteiger partial charge in [-0.15, -0.1) is 0 Å². The number of hydrogen-bond donors (Lipinski definition) is 1. The number of anilines is 2. The summed E-state index contributed by atoms with van der Waals surface area (Å²) in [5.41, 5.74) is 2.33. The SMILES string of the molecule is Cc1ccccc1Nc1cc(C(=O)N2CCN(C(=O)c3ccco3)CC2)ncn1. The third-order valence-electron chi connectivity index (χ3n) is 4.88. The van der Waals surface area contributed by atoms with Crippen LogP contribution in [-0.4, -0.2) is 57.8 Å². The first-order chi connectivity index (χ1) is 14.1. The smallest absolute Gasteiger partial charge is 0.289 e. The van der Waals surface area contributed by atoms with E-state index in [1.807, 2.05) is 31.2 Å². The molecule has 2 aromatic heterocycles. The summed E-state index contributed by atoms with van der Waals surface area (Å²) in [6.45, 7) is 3.78. The molecule has 148 valence electrons. The topological polar surface area (TPSA) is 91.6 Å². The molecule has 3 aromatic rings. The summed E-state index contributed by atoms with van der Waals surface area (Å²) in [7, 11) is 0. The Kier molecular flexibility index (Phi) is 5.24. The fourth-order valence-electron chi connectivity index (χ4n) is 3.22. The van der Waals surface area contributed by atoms with Crippen molar-refractivity contribution in [2.45, 2.75) is 6.92 Å². The summed E-state index contributed by atoms with van der Waals surface area (Å²) in [6, 6.07) is 12.8. The van der Waals surface area contributed by atoms with Crippen LogP contribution in [0.15, 0.2) is 59.5 Å². The average Bonchev–Trinajstić information content (AvgIpc) is 3.30. The van der Waals surface area contributed by atoms with Crippen molar-refractivity contribution in [2.24, 2.45) is 0 Å². The van der Waals surface area contributed by atoms with E-state index in [9.17, 15) is 9.59 Å². The van der Waals surface area contributed by atoms with Gasteiger partial charge in [0.25, 0.3) is 11.8 Å². The highest BCUT2D eigenvalue weighted by Crippen LogP contribution is 2.19. The maximum Gasteiger partial charge on any atom is 0.289 e. The Balaban J connectivity index is 1.40. The number of benzene rings is 1. The molecule has 2 amide bonds. The minimum absolute atomic E-state index is 0.158. The molecule has 1 N–H and O–H groups in total. The monoisotopic (exact) mass is 391 g/mol.